The van der Waals surface area contributed by atoms with E-state index < -0.39 is 48.0 Å². The lowest BCUT2D eigenvalue weighted by Crippen LogP contribution is -2.50. The molecular formula is C21H26N4O5. The number of carbonyl (C=O) groups is 4. The first kappa shape index (κ1) is 22.9. The highest BCUT2D eigenvalue weighted by molar-refractivity contribution is 6.08. The average molecular weight is 414 g/mol. The predicted octanol–water partition coefficient (Wildman–Crippen LogP) is 1.36. The first-order chi connectivity index (χ1) is 13.9. The van der Waals surface area contributed by atoms with Crippen LogP contribution >= 0.6 is 0 Å². The number of nitrogens with zero attached hydrogens (tertiary/aromatic N) is 2. The Bertz CT molecular complexity index is 905. The number of rotatable bonds is 7. The molecule has 0 saturated carbocycles. The van der Waals surface area contributed by atoms with Gasteiger partial charge in [0.15, 0.2) is 6.61 Å². The molecule has 1 aromatic carbocycles. The minimum Gasteiger partial charge on any atom is -0.454 e. The Morgan fingerprint density at radius 1 is 1.30 bits per heavy atom. The molecule has 0 bridgehead atoms. The van der Waals surface area contributed by atoms with Gasteiger partial charge in [-0.15, -0.1) is 0 Å². The Morgan fingerprint density at radius 3 is 2.43 bits per heavy atom. The molecule has 0 spiro atoms. The van der Waals surface area contributed by atoms with Gasteiger partial charge in [-0.05, 0) is 32.3 Å². The molecule has 0 aliphatic carbocycles. The van der Waals surface area contributed by atoms with Crippen molar-refractivity contribution in [3.63, 3.8) is 0 Å². The summed E-state index contributed by atoms with van der Waals surface area (Å²) in [6.45, 7) is 7.33. The van der Waals surface area contributed by atoms with Gasteiger partial charge in [0.25, 0.3) is 11.8 Å². The summed E-state index contributed by atoms with van der Waals surface area (Å²) in [7, 11) is 0. The molecule has 0 unspecified atom stereocenters. The maximum absolute atomic E-state index is 12.8. The Labute approximate surface area is 175 Å². The minimum atomic E-state index is -1.30. The van der Waals surface area contributed by atoms with E-state index in [4.69, 9.17) is 4.74 Å². The highest BCUT2D eigenvalue weighted by Gasteiger charge is 2.49. The number of aryl methyl sites for hydroxylation is 1. The number of hydrogen-bond donors (Lipinski definition) is 2. The van der Waals surface area contributed by atoms with E-state index in [2.05, 4.69) is 10.6 Å². The van der Waals surface area contributed by atoms with Crippen molar-refractivity contribution in [1.82, 2.24) is 15.5 Å². The second-order valence-electron chi connectivity index (χ2n) is 7.99. The largest absolute Gasteiger partial charge is 0.454 e. The van der Waals surface area contributed by atoms with Crippen LogP contribution in [-0.4, -0.2) is 47.4 Å². The molecule has 4 amide bonds. The van der Waals surface area contributed by atoms with Crippen molar-refractivity contribution in [2.75, 3.05) is 13.2 Å². The van der Waals surface area contributed by atoms with E-state index in [1.807, 2.05) is 25.1 Å². The zero-order chi connectivity index (χ0) is 22.7. The summed E-state index contributed by atoms with van der Waals surface area (Å²) in [5.74, 6) is -2.31. The summed E-state index contributed by atoms with van der Waals surface area (Å²) >= 11 is 0. The number of nitriles is 1. The van der Waals surface area contributed by atoms with Crippen molar-refractivity contribution in [2.45, 2.75) is 45.7 Å². The molecule has 0 aromatic heterocycles. The fraction of sp³-hybridized carbons (Fsp3) is 0.476. The van der Waals surface area contributed by atoms with Gasteiger partial charge in [-0.3, -0.25) is 19.3 Å². The van der Waals surface area contributed by atoms with E-state index in [0.717, 1.165) is 10.5 Å². The molecule has 9 heteroatoms. The lowest BCUT2D eigenvalue weighted by atomic mass is 9.90. The Morgan fingerprint density at radius 2 is 1.90 bits per heavy atom. The van der Waals surface area contributed by atoms with Gasteiger partial charge in [-0.25, -0.2) is 4.79 Å². The second-order valence-corrected chi connectivity index (χ2v) is 7.99. The highest BCUT2D eigenvalue weighted by atomic mass is 16.5. The van der Waals surface area contributed by atoms with Crippen molar-refractivity contribution < 1.29 is 23.9 Å². The van der Waals surface area contributed by atoms with Crippen LogP contribution in [-0.2, 0) is 24.7 Å². The van der Waals surface area contributed by atoms with Crippen LogP contribution in [0.1, 0.15) is 38.8 Å². The quantitative estimate of drug-likeness (QED) is 0.512. The van der Waals surface area contributed by atoms with E-state index in [9.17, 15) is 24.4 Å². The number of carbonyl (C=O) groups excluding carboxylic acids is 4. The topological polar surface area (TPSA) is 129 Å². The Balaban J connectivity index is 1.98. The number of ether oxygens (including phenoxy) is 1. The standard InChI is InChI=1S/C21H26N4O5/c1-13(2)20(4,12-22)23-16(26)11-30-17(27)10-25-18(28)21(5,24-19(25)29)15-8-6-14(3)7-9-15/h6-9,13H,10-11H2,1-5H3,(H,23,26)(H,24,29)/t20-,21+/m1/s1. The molecule has 1 heterocycles. The second kappa shape index (κ2) is 8.53. The van der Waals surface area contributed by atoms with Crippen molar-refractivity contribution >= 4 is 23.8 Å². The van der Waals surface area contributed by atoms with Crippen LogP contribution < -0.4 is 10.6 Å². The number of benzene rings is 1. The lowest BCUT2D eigenvalue weighted by molar-refractivity contribution is -0.151. The zero-order valence-electron chi connectivity index (χ0n) is 17.7. The van der Waals surface area contributed by atoms with E-state index >= 15 is 0 Å². The number of urea groups is 1. The number of amides is 4. The summed E-state index contributed by atoms with van der Waals surface area (Å²) in [5.41, 5.74) is -0.813. The van der Waals surface area contributed by atoms with Crippen LogP contribution in [0.5, 0.6) is 0 Å². The van der Waals surface area contributed by atoms with Crippen LogP contribution in [0.4, 0.5) is 4.79 Å². The van der Waals surface area contributed by atoms with Gasteiger partial charge in [-0.1, -0.05) is 43.7 Å². The monoisotopic (exact) mass is 414 g/mol. The van der Waals surface area contributed by atoms with Gasteiger partial charge in [0, 0.05) is 0 Å². The van der Waals surface area contributed by atoms with E-state index in [0.29, 0.717) is 5.56 Å². The van der Waals surface area contributed by atoms with Crippen molar-refractivity contribution in [2.24, 2.45) is 5.92 Å². The number of nitrogens with one attached hydrogen (secondary N) is 2. The normalized spacial score (nSPS) is 20.4. The van der Waals surface area contributed by atoms with Crippen LogP contribution in [0.2, 0.25) is 0 Å². The van der Waals surface area contributed by atoms with Gasteiger partial charge < -0.3 is 15.4 Å². The van der Waals surface area contributed by atoms with Gasteiger partial charge in [0.05, 0.1) is 6.07 Å². The first-order valence-electron chi connectivity index (χ1n) is 9.52. The zero-order valence-corrected chi connectivity index (χ0v) is 17.7. The van der Waals surface area contributed by atoms with Gasteiger partial charge >= 0.3 is 12.0 Å². The van der Waals surface area contributed by atoms with E-state index in [1.165, 1.54) is 0 Å². The number of esters is 1. The molecule has 0 radical (unpaired) electrons. The van der Waals surface area contributed by atoms with Gasteiger partial charge in [-0.2, -0.15) is 5.26 Å². The minimum absolute atomic E-state index is 0.160. The third-order valence-electron chi connectivity index (χ3n) is 5.34. The molecule has 30 heavy (non-hydrogen) atoms. The lowest BCUT2D eigenvalue weighted by Gasteiger charge is -2.27. The van der Waals surface area contributed by atoms with Crippen molar-refractivity contribution in [3.05, 3.63) is 35.4 Å². The Hall–Kier alpha value is -3.41. The molecule has 2 atom stereocenters. The summed E-state index contributed by atoms with van der Waals surface area (Å²) < 4.78 is 4.89. The van der Waals surface area contributed by atoms with Crippen LogP contribution in [0, 0.1) is 24.2 Å². The van der Waals surface area contributed by atoms with Crippen LogP contribution in [0.15, 0.2) is 24.3 Å². The summed E-state index contributed by atoms with van der Waals surface area (Å²) in [5, 5.41) is 14.3. The maximum Gasteiger partial charge on any atom is 0.326 e. The first-order valence-corrected chi connectivity index (χ1v) is 9.52. The molecular weight excluding hydrogens is 388 g/mol. The molecule has 2 rings (SSSR count). The van der Waals surface area contributed by atoms with Gasteiger partial charge in [0.1, 0.15) is 17.6 Å². The maximum atomic E-state index is 12.8. The SMILES string of the molecule is Cc1ccc([C@]2(C)NC(=O)N(CC(=O)OCC(=O)N[C@](C)(C#N)C(C)C)C2=O)cc1. The summed E-state index contributed by atoms with van der Waals surface area (Å²) in [6.07, 6.45) is 0. The van der Waals surface area contributed by atoms with Crippen LogP contribution in [0.25, 0.3) is 0 Å². The third kappa shape index (κ3) is 4.59. The molecule has 1 aliphatic rings. The van der Waals surface area contributed by atoms with Crippen molar-refractivity contribution in [1.29, 1.82) is 5.26 Å². The third-order valence-corrected chi connectivity index (χ3v) is 5.34. The highest BCUT2D eigenvalue weighted by Crippen LogP contribution is 2.28. The number of imide groups is 1. The smallest absolute Gasteiger partial charge is 0.326 e. The summed E-state index contributed by atoms with van der Waals surface area (Å²) in [6, 6.07) is 8.41. The van der Waals surface area contributed by atoms with Gasteiger partial charge in [0.2, 0.25) is 0 Å². The molecule has 1 aliphatic heterocycles. The molecule has 160 valence electrons. The number of hydrogen-bond acceptors (Lipinski definition) is 6. The fourth-order valence-electron chi connectivity index (χ4n) is 2.87. The molecule has 9 nitrogen and oxygen atoms in total. The van der Waals surface area contributed by atoms with Crippen molar-refractivity contribution in [3.8, 4) is 6.07 Å². The summed E-state index contributed by atoms with van der Waals surface area (Å²) in [4.78, 5) is 50.0. The van der Waals surface area contributed by atoms with E-state index in [1.54, 1.807) is 39.8 Å². The predicted molar refractivity (Wildman–Crippen MR) is 107 cm³/mol. The molecule has 2 N–H and O–H groups in total. The molecule has 1 fully saturated rings. The van der Waals surface area contributed by atoms with Crippen LogP contribution in [0.3, 0.4) is 0 Å². The average Bonchev–Trinajstić information content (AvgIpc) is 2.90. The Kier molecular flexibility index (Phi) is 6.50. The van der Waals surface area contributed by atoms with E-state index in [-0.39, 0.29) is 5.92 Å². The fourth-order valence-corrected chi connectivity index (χ4v) is 2.87. The molecule has 1 saturated heterocycles. The molecule has 1 aromatic rings.